The van der Waals surface area contributed by atoms with Gasteiger partial charge in [0.1, 0.15) is 5.75 Å². The van der Waals surface area contributed by atoms with Crippen LogP contribution in [0.2, 0.25) is 0 Å². The van der Waals surface area contributed by atoms with Crippen molar-refractivity contribution in [1.29, 1.82) is 0 Å². The van der Waals surface area contributed by atoms with Crippen LogP contribution in [0.15, 0.2) is 71.9 Å². The largest absolute Gasteiger partial charge is 0.496 e. The highest BCUT2D eigenvalue weighted by atomic mass is 16.5. The number of carbonyl (C=O) groups is 1. The fourth-order valence-corrected chi connectivity index (χ4v) is 4.86. The Hall–Kier alpha value is -3.27. The molecular weight excluding hydrogens is 372 g/mol. The monoisotopic (exact) mass is 398 g/mol. The van der Waals surface area contributed by atoms with Crippen molar-refractivity contribution in [3.05, 3.63) is 77.5 Å². The number of anilines is 2. The van der Waals surface area contributed by atoms with Gasteiger partial charge in [0.05, 0.1) is 24.5 Å². The molecule has 152 valence electrons. The van der Waals surface area contributed by atoms with Gasteiger partial charge in [0, 0.05) is 23.3 Å². The number of hydrogen-bond donors (Lipinski definition) is 2. The molecule has 4 heteroatoms. The smallest absolute Gasteiger partial charge is 0.163 e. The molecule has 0 amide bonds. The third-order valence-electron chi connectivity index (χ3n) is 6.16. The molecule has 3 aromatic rings. The molecule has 3 aromatic carbocycles. The molecule has 2 aliphatic rings. The van der Waals surface area contributed by atoms with E-state index >= 15 is 0 Å². The maximum absolute atomic E-state index is 13.5. The zero-order valence-corrected chi connectivity index (χ0v) is 17.6. The molecule has 30 heavy (non-hydrogen) atoms. The van der Waals surface area contributed by atoms with Crippen LogP contribution in [0.25, 0.3) is 10.8 Å². The minimum atomic E-state index is -0.291. The minimum Gasteiger partial charge on any atom is -0.496 e. The summed E-state index contributed by atoms with van der Waals surface area (Å²) >= 11 is 0. The number of rotatable bonds is 2. The highest BCUT2D eigenvalue weighted by molar-refractivity contribution is 6.02. The van der Waals surface area contributed by atoms with Crippen molar-refractivity contribution >= 4 is 27.9 Å². The van der Waals surface area contributed by atoms with Gasteiger partial charge in [-0.3, -0.25) is 4.79 Å². The summed E-state index contributed by atoms with van der Waals surface area (Å²) in [4.78, 5) is 13.5. The summed E-state index contributed by atoms with van der Waals surface area (Å²) in [5.74, 6) is 0.976. The van der Waals surface area contributed by atoms with Gasteiger partial charge in [0.15, 0.2) is 5.78 Å². The second kappa shape index (κ2) is 6.91. The number of ketones is 1. The first kappa shape index (κ1) is 18.7. The van der Waals surface area contributed by atoms with Crippen LogP contribution < -0.4 is 15.4 Å². The van der Waals surface area contributed by atoms with Gasteiger partial charge in [-0.15, -0.1) is 0 Å². The molecule has 1 unspecified atom stereocenters. The molecular formula is C26H26N2O2. The predicted octanol–water partition coefficient (Wildman–Crippen LogP) is 6.07. The summed E-state index contributed by atoms with van der Waals surface area (Å²) < 4.78 is 5.80. The van der Waals surface area contributed by atoms with Gasteiger partial charge in [-0.1, -0.05) is 56.3 Å². The first-order valence-corrected chi connectivity index (χ1v) is 10.4. The lowest BCUT2D eigenvalue weighted by molar-refractivity contribution is -0.118. The number of Topliss-reactive ketones (excluding diaryl/α,β-unsaturated/α-hetero) is 1. The van der Waals surface area contributed by atoms with E-state index in [0.29, 0.717) is 6.42 Å². The summed E-state index contributed by atoms with van der Waals surface area (Å²) in [7, 11) is 1.69. The minimum absolute atomic E-state index is 0.0738. The molecule has 0 saturated carbocycles. The van der Waals surface area contributed by atoms with Gasteiger partial charge in [0.2, 0.25) is 0 Å². The number of hydrogen-bond acceptors (Lipinski definition) is 4. The Morgan fingerprint density at radius 3 is 2.47 bits per heavy atom. The number of benzene rings is 3. The fourth-order valence-electron chi connectivity index (χ4n) is 4.86. The van der Waals surface area contributed by atoms with Crippen molar-refractivity contribution in [3.63, 3.8) is 0 Å². The molecule has 0 aromatic heterocycles. The SMILES string of the molecule is COc1ccc2ccccc2c1C1Nc2ccccc2NC2=C1C(=O)CC(C)(C)C2. The third kappa shape index (κ3) is 3.04. The number of para-hydroxylation sites is 2. The van der Waals surface area contributed by atoms with Gasteiger partial charge in [-0.05, 0) is 40.8 Å². The summed E-state index contributed by atoms with van der Waals surface area (Å²) in [6.07, 6.45) is 1.36. The molecule has 5 rings (SSSR count). The molecule has 0 saturated heterocycles. The standard InChI is InChI=1S/C26H26N2O2/c1-26(2)14-20-24(21(29)15-26)25(28-19-11-7-6-10-18(19)27-20)23-17-9-5-4-8-16(17)12-13-22(23)30-3/h4-13,25,27-28H,14-15H2,1-3H3. The maximum atomic E-state index is 13.5. The molecule has 0 bridgehead atoms. The summed E-state index contributed by atoms with van der Waals surface area (Å²) in [6.45, 7) is 4.32. The Balaban J connectivity index is 1.80. The third-order valence-corrected chi connectivity index (χ3v) is 6.16. The van der Waals surface area contributed by atoms with Crippen molar-refractivity contribution in [1.82, 2.24) is 0 Å². The summed E-state index contributed by atoms with van der Waals surface area (Å²) in [5, 5.41) is 9.49. The number of fused-ring (bicyclic) bond motifs is 2. The van der Waals surface area contributed by atoms with E-state index in [0.717, 1.165) is 51.2 Å². The lowest BCUT2D eigenvalue weighted by Gasteiger charge is -2.34. The van der Waals surface area contributed by atoms with Crippen molar-refractivity contribution in [2.45, 2.75) is 32.7 Å². The van der Waals surface area contributed by atoms with Gasteiger partial charge >= 0.3 is 0 Å². The summed E-state index contributed by atoms with van der Waals surface area (Å²) in [5.41, 5.74) is 4.74. The fraction of sp³-hybridized carbons (Fsp3) is 0.269. The average molecular weight is 399 g/mol. The van der Waals surface area contributed by atoms with Crippen LogP contribution in [0.5, 0.6) is 5.75 Å². The number of allylic oxidation sites excluding steroid dienone is 1. The first-order chi connectivity index (χ1) is 14.5. The molecule has 1 aliphatic carbocycles. The number of carbonyl (C=O) groups excluding carboxylic acids is 1. The zero-order chi connectivity index (χ0) is 20.9. The van der Waals surface area contributed by atoms with E-state index in [-0.39, 0.29) is 17.2 Å². The second-order valence-electron chi connectivity index (χ2n) is 8.98. The van der Waals surface area contributed by atoms with Crippen molar-refractivity contribution < 1.29 is 9.53 Å². The highest BCUT2D eigenvalue weighted by Gasteiger charge is 2.39. The molecule has 0 fully saturated rings. The molecule has 1 aliphatic heterocycles. The van der Waals surface area contributed by atoms with Crippen molar-refractivity contribution in [2.24, 2.45) is 5.41 Å². The first-order valence-electron chi connectivity index (χ1n) is 10.4. The van der Waals surface area contributed by atoms with Crippen LogP contribution >= 0.6 is 0 Å². The Labute approximate surface area is 176 Å². The van der Waals surface area contributed by atoms with E-state index in [4.69, 9.17) is 4.74 Å². The van der Waals surface area contributed by atoms with Crippen LogP contribution in [0, 0.1) is 5.41 Å². The Morgan fingerprint density at radius 1 is 0.933 bits per heavy atom. The molecule has 4 nitrogen and oxygen atoms in total. The molecule has 1 heterocycles. The van der Waals surface area contributed by atoms with E-state index in [2.05, 4.69) is 54.8 Å². The van der Waals surface area contributed by atoms with Crippen molar-refractivity contribution in [3.8, 4) is 5.75 Å². The van der Waals surface area contributed by atoms with Crippen molar-refractivity contribution in [2.75, 3.05) is 17.7 Å². The molecule has 0 radical (unpaired) electrons. The highest BCUT2D eigenvalue weighted by Crippen LogP contribution is 2.48. The van der Waals surface area contributed by atoms with Crippen LogP contribution in [0.3, 0.4) is 0 Å². The van der Waals surface area contributed by atoms with E-state index in [1.807, 2.05) is 30.3 Å². The average Bonchev–Trinajstić information content (AvgIpc) is 2.88. The van der Waals surface area contributed by atoms with Crippen LogP contribution in [-0.4, -0.2) is 12.9 Å². The number of methoxy groups -OCH3 is 1. The van der Waals surface area contributed by atoms with Crippen LogP contribution in [0.1, 0.15) is 38.3 Å². The lowest BCUT2D eigenvalue weighted by Crippen LogP contribution is -2.31. The number of nitrogens with one attached hydrogen (secondary N) is 2. The van der Waals surface area contributed by atoms with Gasteiger partial charge in [0.25, 0.3) is 0 Å². The van der Waals surface area contributed by atoms with Crippen LogP contribution in [-0.2, 0) is 4.79 Å². The Kier molecular flexibility index (Phi) is 4.31. The van der Waals surface area contributed by atoms with Crippen LogP contribution in [0.4, 0.5) is 11.4 Å². The summed E-state index contributed by atoms with van der Waals surface area (Å²) in [6, 6.07) is 20.2. The Morgan fingerprint density at radius 2 is 1.67 bits per heavy atom. The van der Waals surface area contributed by atoms with Gasteiger partial charge in [-0.2, -0.15) is 0 Å². The van der Waals surface area contributed by atoms with Gasteiger partial charge in [-0.25, -0.2) is 0 Å². The molecule has 0 spiro atoms. The normalized spacial score (nSPS) is 20.0. The number of ether oxygens (including phenoxy) is 1. The quantitative estimate of drug-likeness (QED) is 0.550. The van der Waals surface area contributed by atoms with Gasteiger partial charge < -0.3 is 15.4 Å². The zero-order valence-electron chi connectivity index (χ0n) is 17.6. The molecule has 2 N–H and O–H groups in total. The Bertz CT molecular complexity index is 1190. The van der Waals surface area contributed by atoms with E-state index in [1.54, 1.807) is 7.11 Å². The second-order valence-corrected chi connectivity index (χ2v) is 8.98. The predicted molar refractivity (Wildman–Crippen MR) is 122 cm³/mol. The maximum Gasteiger partial charge on any atom is 0.163 e. The molecule has 1 atom stereocenters. The van der Waals surface area contributed by atoms with E-state index in [9.17, 15) is 4.79 Å². The topological polar surface area (TPSA) is 50.4 Å². The van der Waals surface area contributed by atoms with E-state index < -0.39 is 0 Å². The lowest BCUT2D eigenvalue weighted by atomic mass is 9.73. The van der Waals surface area contributed by atoms with E-state index in [1.165, 1.54) is 0 Å².